The lowest BCUT2D eigenvalue weighted by molar-refractivity contribution is 0.00243. The third-order valence-electron chi connectivity index (χ3n) is 4.71. The van der Waals surface area contributed by atoms with E-state index >= 15 is 0 Å². The van der Waals surface area contributed by atoms with Gasteiger partial charge in [0.25, 0.3) is 0 Å². The largest absolute Gasteiger partial charge is 0.314 e. The van der Waals surface area contributed by atoms with Crippen molar-refractivity contribution in [3.63, 3.8) is 0 Å². The molecule has 0 aromatic carbocycles. The molecule has 1 aromatic rings. The SMILES string of the molecule is CCNC1CCN(C(C)(C)c2nccs2)C(C)C1C. The monoisotopic (exact) mass is 281 g/mol. The zero-order chi connectivity index (χ0) is 14.0. The van der Waals surface area contributed by atoms with Gasteiger partial charge in [0.1, 0.15) is 5.01 Å². The Balaban J connectivity index is 2.14. The van der Waals surface area contributed by atoms with Gasteiger partial charge in [-0.2, -0.15) is 0 Å². The third-order valence-corrected chi connectivity index (χ3v) is 5.79. The van der Waals surface area contributed by atoms with Crippen molar-refractivity contribution in [2.45, 2.75) is 58.7 Å². The summed E-state index contributed by atoms with van der Waals surface area (Å²) in [6.07, 6.45) is 3.15. The highest BCUT2D eigenvalue weighted by Crippen LogP contribution is 2.36. The van der Waals surface area contributed by atoms with E-state index in [2.05, 4.69) is 55.2 Å². The van der Waals surface area contributed by atoms with E-state index in [0.717, 1.165) is 13.1 Å². The van der Waals surface area contributed by atoms with E-state index in [9.17, 15) is 0 Å². The highest BCUT2D eigenvalue weighted by molar-refractivity contribution is 7.09. The van der Waals surface area contributed by atoms with Gasteiger partial charge in [-0.05, 0) is 39.7 Å². The van der Waals surface area contributed by atoms with Crippen LogP contribution in [0.1, 0.15) is 46.0 Å². The zero-order valence-corrected chi connectivity index (χ0v) is 13.6. The van der Waals surface area contributed by atoms with E-state index < -0.39 is 0 Å². The van der Waals surface area contributed by atoms with Crippen LogP contribution in [0.25, 0.3) is 0 Å². The molecule has 3 unspecified atom stereocenters. The van der Waals surface area contributed by atoms with Gasteiger partial charge in [-0.3, -0.25) is 4.90 Å². The normalized spacial score (nSPS) is 29.6. The van der Waals surface area contributed by atoms with Crippen LogP contribution in [0.3, 0.4) is 0 Å². The molecule has 1 aromatic heterocycles. The average molecular weight is 281 g/mol. The van der Waals surface area contributed by atoms with Crippen molar-refractivity contribution in [3.05, 3.63) is 16.6 Å². The fraction of sp³-hybridized carbons (Fsp3) is 0.800. The molecule has 2 rings (SSSR count). The molecule has 1 N–H and O–H groups in total. The fourth-order valence-electron chi connectivity index (χ4n) is 3.35. The fourth-order valence-corrected chi connectivity index (χ4v) is 4.13. The maximum Gasteiger partial charge on any atom is 0.112 e. The molecule has 0 saturated carbocycles. The van der Waals surface area contributed by atoms with Crippen LogP contribution < -0.4 is 5.32 Å². The van der Waals surface area contributed by atoms with Gasteiger partial charge in [0, 0.05) is 30.2 Å². The summed E-state index contributed by atoms with van der Waals surface area (Å²) in [6, 6.07) is 1.24. The first-order chi connectivity index (χ1) is 8.98. The Labute approximate surface area is 121 Å². The van der Waals surface area contributed by atoms with Crippen molar-refractivity contribution in [2.75, 3.05) is 13.1 Å². The maximum absolute atomic E-state index is 4.54. The van der Waals surface area contributed by atoms with Crippen molar-refractivity contribution in [2.24, 2.45) is 5.92 Å². The summed E-state index contributed by atoms with van der Waals surface area (Å²) in [5.74, 6) is 0.674. The standard InChI is InChI=1S/C15H27N3S/c1-6-16-13-7-9-18(12(3)11(13)2)15(4,5)14-17-8-10-19-14/h8,10-13,16H,6-7,9H2,1-5H3. The molecular formula is C15H27N3S. The number of thiazole rings is 1. The van der Waals surface area contributed by atoms with Crippen LogP contribution in [-0.2, 0) is 5.54 Å². The first-order valence-electron chi connectivity index (χ1n) is 7.38. The highest BCUT2D eigenvalue weighted by atomic mass is 32.1. The zero-order valence-electron chi connectivity index (χ0n) is 12.8. The summed E-state index contributed by atoms with van der Waals surface area (Å²) in [4.78, 5) is 7.17. The van der Waals surface area contributed by atoms with E-state index in [1.807, 2.05) is 6.20 Å². The van der Waals surface area contributed by atoms with Gasteiger partial charge in [-0.15, -0.1) is 11.3 Å². The second-order valence-electron chi connectivity index (χ2n) is 6.14. The number of aromatic nitrogens is 1. The number of hydrogen-bond acceptors (Lipinski definition) is 4. The van der Waals surface area contributed by atoms with Crippen molar-refractivity contribution in [1.82, 2.24) is 15.2 Å². The highest BCUT2D eigenvalue weighted by Gasteiger charge is 2.41. The van der Waals surface area contributed by atoms with Crippen LogP contribution in [0.2, 0.25) is 0 Å². The Morgan fingerprint density at radius 2 is 2.21 bits per heavy atom. The second kappa shape index (κ2) is 5.90. The molecule has 0 spiro atoms. The van der Waals surface area contributed by atoms with Crippen LogP contribution in [0, 0.1) is 5.92 Å². The van der Waals surface area contributed by atoms with Crippen LogP contribution in [0.5, 0.6) is 0 Å². The molecular weight excluding hydrogens is 254 g/mol. The number of piperidine rings is 1. The molecule has 1 fully saturated rings. The van der Waals surface area contributed by atoms with Crippen molar-refractivity contribution in [3.8, 4) is 0 Å². The van der Waals surface area contributed by atoms with Gasteiger partial charge < -0.3 is 5.32 Å². The Hall–Kier alpha value is -0.450. The first-order valence-corrected chi connectivity index (χ1v) is 8.26. The predicted molar refractivity (Wildman–Crippen MR) is 82.6 cm³/mol. The minimum atomic E-state index is 0.0407. The van der Waals surface area contributed by atoms with Crippen molar-refractivity contribution >= 4 is 11.3 Å². The van der Waals surface area contributed by atoms with E-state index in [1.54, 1.807) is 11.3 Å². The molecule has 0 radical (unpaired) electrons. The van der Waals surface area contributed by atoms with Gasteiger partial charge in [0.15, 0.2) is 0 Å². The first kappa shape index (κ1) is 14.9. The summed E-state index contributed by atoms with van der Waals surface area (Å²) in [6.45, 7) is 13.8. The molecule has 3 nitrogen and oxygen atoms in total. The average Bonchev–Trinajstić information content (AvgIpc) is 2.89. The molecule has 2 heterocycles. The van der Waals surface area contributed by atoms with Gasteiger partial charge in [0.05, 0.1) is 5.54 Å². The Kier molecular flexibility index (Phi) is 4.64. The lowest BCUT2D eigenvalue weighted by Gasteiger charge is -2.49. The Bertz CT molecular complexity index is 388. The summed E-state index contributed by atoms with van der Waals surface area (Å²) < 4.78 is 0. The van der Waals surface area contributed by atoms with Crippen LogP contribution in [0.4, 0.5) is 0 Å². The van der Waals surface area contributed by atoms with Gasteiger partial charge in [0.2, 0.25) is 0 Å². The lowest BCUT2D eigenvalue weighted by Crippen LogP contribution is -2.58. The molecule has 19 heavy (non-hydrogen) atoms. The number of nitrogens with one attached hydrogen (secondary N) is 1. The number of likely N-dealkylation sites (tertiary alicyclic amines) is 1. The summed E-state index contributed by atoms with van der Waals surface area (Å²) >= 11 is 1.77. The van der Waals surface area contributed by atoms with Gasteiger partial charge >= 0.3 is 0 Å². The van der Waals surface area contributed by atoms with Crippen molar-refractivity contribution < 1.29 is 0 Å². The van der Waals surface area contributed by atoms with Gasteiger partial charge in [-0.1, -0.05) is 13.8 Å². The second-order valence-corrected chi connectivity index (χ2v) is 7.04. The minimum absolute atomic E-state index is 0.0407. The number of hydrogen-bond donors (Lipinski definition) is 1. The smallest absolute Gasteiger partial charge is 0.112 e. The molecule has 4 heteroatoms. The topological polar surface area (TPSA) is 28.2 Å². The Morgan fingerprint density at radius 3 is 2.79 bits per heavy atom. The molecule has 1 saturated heterocycles. The number of nitrogens with zero attached hydrogens (tertiary/aromatic N) is 2. The van der Waals surface area contributed by atoms with Gasteiger partial charge in [-0.25, -0.2) is 4.98 Å². The quantitative estimate of drug-likeness (QED) is 0.919. The lowest BCUT2D eigenvalue weighted by atomic mass is 9.83. The van der Waals surface area contributed by atoms with E-state index in [0.29, 0.717) is 18.0 Å². The molecule has 0 amide bonds. The van der Waals surface area contributed by atoms with Crippen LogP contribution in [-0.4, -0.2) is 35.1 Å². The predicted octanol–water partition coefficient (Wildman–Crippen LogP) is 3.09. The molecule has 108 valence electrons. The molecule has 0 aliphatic carbocycles. The molecule has 3 atom stereocenters. The summed E-state index contributed by atoms with van der Waals surface area (Å²) in [5, 5.41) is 6.94. The summed E-state index contributed by atoms with van der Waals surface area (Å²) in [7, 11) is 0. The summed E-state index contributed by atoms with van der Waals surface area (Å²) in [5.41, 5.74) is 0.0407. The molecule has 1 aliphatic rings. The van der Waals surface area contributed by atoms with Crippen LogP contribution >= 0.6 is 11.3 Å². The molecule has 0 bridgehead atoms. The number of rotatable bonds is 4. The van der Waals surface area contributed by atoms with E-state index in [1.165, 1.54) is 11.4 Å². The van der Waals surface area contributed by atoms with Crippen LogP contribution in [0.15, 0.2) is 11.6 Å². The minimum Gasteiger partial charge on any atom is -0.314 e. The molecule has 1 aliphatic heterocycles. The van der Waals surface area contributed by atoms with Crippen molar-refractivity contribution in [1.29, 1.82) is 0 Å². The van der Waals surface area contributed by atoms with E-state index in [4.69, 9.17) is 0 Å². The Morgan fingerprint density at radius 1 is 1.47 bits per heavy atom. The van der Waals surface area contributed by atoms with E-state index in [-0.39, 0.29) is 5.54 Å². The maximum atomic E-state index is 4.54. The third kappa shape index (κ3) is 2.86.